The van der Waals surface area contributed by atoms with Crippen LogP contribution in [-0.4, -0.2) is 11.5 Å². The Hall–Kier alpha value is -2.57. The SMILES string of the molecule is CCCCOc1ccc2c(N)c([N+](=O)[O-])c(=O)oc2c1. The van der Waals surface area contributed by atoms with Gasteiger partial charge in [-0.1, -0.05) is 13.3 Å². The van der Waals surface area contributed by atoms with Gasteiger partial charge in [0.1, 0.15) is 17.0 Å². The molecule has 20 heavy (non-hydrogen) atoms. The minimum atomic E-state index is -1.06. The minimum absolute atomic E-state index is 0.173. The monoisotopic (exact) mass is 278 g/mol. The number of nitro groups is 1. The van der Waals surface area contributed by atoms with E-state index in [1.54, 1.807) is 12.1 Å². The molecule has 0 fully saturated rings. The van der Waals surface area contributed by atoms with Crippen LogP contribution in [0.5, 0.6) is 5.75 Å². The second kappa shape index (κ2) is 5.60. The molecule has 0 saturated heterocycles. The maximum absolute atomic E-state index is 11.5. The molecule has 0 atom stereocenters. The average molecular weight is 278 g/mol. The van der Waals surface area contributed by atoms with E-state index in [0.717, 1.165) is 12.8 Å². The maximum atomic E-state index is 11.5. The van der Waals surface area contributed by atoms with Gasteiger partial charge in [-0.05, 0) is 18.6 Å². The average Bonchev–Trinajstić information content (AvgIpc) is 2.38. The van der Waals surface area contributed by atoms with E-state index in [2.05, 4.69) is 0 Å². The standard InChI is InChI=1S/C13H14N2O5/c1-2-3-6-19-8-4-5-9-10(7-8)20-13(16)12(11(9)14)15(17)18/h4-5,7H,2-3,6,14H2,1H3. The molecule has 1 heterocycles. The molecule has 0 aliphatic rings. The summed E-state index contributed by atoms with van der Waals surface area (Å²) in [4.78, 5) is 21.5. The summed E-state index contributed by atoms with van der Waals surface area (Å²) in [5, 5.41) is 11.1. The largest absolute Gasteiger partial charge is 0.493 e. The number of nitrogens with two attached hydrogens (primary N) is 1. The number of anilines is 1. The lowest BCUT2D eigenvalue weighted by atomic mass is 10.2. The molecule has 1 aromatic carbocycles. The second-order valence-corrected chi connectivity index (χ2v) is 4.27. The Morgan fingerprint density at radius 2 is 2.20 bits per heavy atom. The molecule has 0 radical (unpaired) electrons. The molecule has 0 aliphatic carbocycles. The van der Waals surface area contributed by atoms with E-state index >= 15 is 0 Å². The zero-order valence-corrected chi connectivity index (χ0v) is 10.9. The number of ether oxygens (including phenoxy) is 1. The van der Waals surface area contributed by atoms with Crippen molar-refractivity contribution in [2.45, 2.75) is 19.8 Å². The number of unbranched alkanes of at least 4 members (excludes halogenated alkanes) is 1. The summed E-state index contributed by atoms with van der Waals surface area (Å²) in [5.74, 6) is 0.530. The highest BCUT2D eigenvalue weighted by Gasteiger charge is 2.22. The molecule has 7 nitrogen and oxygen atoms in total. The summed E-state index contributed by atoms with van der Waals surface area (Å²) in [6.07, 6.45) is 1.91. The van der Waals surface area contributed by atoms with Crippen molar-refractivity contribution in [3.8, 4) is 5.75 Å². The molecule has 0 unspecified atom stereocenters. The van der Waals surface area contributed by atoms with Gasteiger partial charge in [0, 0.05) is 11.5 Å². The van der Waals surface area contributed by atoms with Gasteiger partial charge in [0.25, 0.3) is 0 Å². The first-order chi connectivity index (χ1) is 9.54. The van der Waals surface area contributed by atoms with Gasteiger partial charge >= 0.3 is 11.3 Å². The van der Waals surface area contributed by atoms with Crippen LogP contribution in [0.3, 0.4) is 0 Å². The normalized spacial score (nSPS) is 10.7. The van der Waals surface area contributed by atoms with E-state index in [0.29, 0.717) is 17.7 Å². The van der Waals surface area contributed by atoms with Crippen molar-refractivity contribution in [3.05, 3.63) is 38.7 Å². The van der Waals surface area contributed by atoms with Gasteiger partial charge in [-0.15, -0.1) is 0 Å². The van der Waals surface area contributed by atoms with Crippen LogP contribution in [-0.2, 0) is 0 Å². The summed E-state index contributed by atoms with van der Waals surface area (Å²) in [6.45, 7) is 2.59. The summed E-state index contributed by atoms with van der Waals surface area (Å²) in [7, 11) is 0. The number of hydrogen-bond acceptors (Lipinski definition) is 6. The topological polar surface area (TPSA) is 109 Å². The van der Waals surface area contributed by atoms with Gasteiger partial charge in [0.15, 0.2) is 0 Å². The second-order valence-electron chi connectivity index (χ2n) is 4.27. The van der Waals surface area contributed by atoms with Gasteiger partial charge in [-0.25, -0.2) is 4.79 Å². The fraction of sp³-hybridized carbons (Fsp3) is 0.308. The van der Waals surface area contributed by atoms with Gasteiger partial charge in [0.05, 0.1) is 11.5 Å². The molecule has 2 N–H and O–H groups in total. The number of rotatable bonds is 5. The summed E-state index contributed by atoms with van der Waals surface area (Å²) in [6, 6.07) is 4.69. The molecular formula is C13H14N2O5. The van der Waals surface area contributed by atoms with E-state index in [9.17, 15) is 14.9 Å². The van der Waals surface area contributed by atoms with Gasteiger partial charge < -0.3 is 14.9 Å². The van der Waals surface area contributed by atoms with E-state index in [1.165, 1.54) is 6.07 Å². The summed E-state index contributed by atoms with van der Waals surface area (Å²) < 4.78 is 10.4. The van der Waals surface area contributed by atoms with Crippen molar-refractivity contribution in [3.63, 3.8) is 0 Å². The van der Waals surface area contributed by atoms with Crippen molar-refractivity contribution in [1.29, 1.82) is 0 Å². The van der Waals surface area contributed by atoms with Crippen LogP contribution < -0.4 is 16.1 Å². The van der Waals surface area contributed by atoms with Crippen LogP contribution in [0, 0.1) is 10.1 Å². The summed E-state index contributed by atoms with van der Waals surface area (Å²) in [5.41, 5.74) is 3.83. The predicted octanol–water partition coefficient (Wildman–Crippen LogP) is 2.46. The molecule has 7 heteroatoms. The molecule has 0 bridgehead atoms. The van der Waals surface area contributed by atoms with Crippen molar-refractivity contribution in [2.75, 3.05) is 12.3 Å². The molecular weight excluding hydrogens is 264 g/mol. The molecule has 2 aromatic rings. The number of nitrogen functional groups attached to an aromatic ring is 1. The lowest BCUT2D eigenvalue weighted by Gasteiger charge is -2.07. The molecule has 0 aliphatic heterocycles. The van der Waals surface area contributed by atoms with Crippen molar-refractivity contribution >= 4 is 22.3 Å². The summed E-state index contributed by atoms with van der Waals surface area (Å²) >= 11 is 0. The zero-order valence-electron chi connectivity index (χ0n) is 10.9. The van der Waals surface area contributed by atoms with Crippen LogP contribution in [0.25, 0.3) is 11.0 Å². The molecule has 0 saturated carbocycles. The smallest absolute Gasteiger partial charge is 0.417 e. The van der Waals surface area contributed by atoms with Crippen LogP contribution in [0.4, 0.5) is 11.4 Å². The molecule has 2 rings (SSSR count). The van der Waals surface area contributed by atoms with E-state index in [-0.39, 0.29) is 11.3 Å². The Bertz CT molecular complexity index is 708. The number of nitrogens with zero attached hydrogens (tertiary/aromatic N) is 1. The highest BCUT2D eigenvalue weighted by atomic mass is 16.6. The lowest BCUT2D eigenvalue weighted by Crippen LogP contribution is -2.10. The van der Waals surface area contributed by atoms with E-state index in [1.807, 2.05) is 6.92 Å². The van der Waals surface area contributed by atoms with Crippen LogP contribution in [0.15, 0.2) is 27.4 Å². The van der Waals surface area contributed by atoms with Crippen molar-refractivity contribution < 1.29 is 14.1 Å². The highest BCUT2D eigenvalue weighted by molar-refractivity contribution is 5.93. The van der Waals surface area contributed by atoms with Gasteiger partial charge in [-0.3, -0.25) is 10.1 Å². The van der Waals surface area contributed by atoms with Gasteiger partial charge in [-0.2, -0.15) is 0 Å². The predicted molar refractivity (Wildman–Crippen MR) is 74.0 cm³/mol. The number of fused-ring (bicyclic) bond motifs is 1. The zero-order chi connectivity index (χ0) is 14.7. The fourth-order valence-electron chi connectivity index (χ4n) is 1.79. The Morgan fingerprint density at radius 3 is 2.85 bits per heavy atom. The van der Waals surface area contributed by atoms with Crippen molar-refractivity contribution in [1.82, 2.24) is 0 Å². The Labute approximate surface area is 114 Å². The van der Waals surface area contributed by atoms with Crippen LogP contribution >= 0.6 is 0 Å². The minimum Gasteiger partial charge on any atom is -0.493 e. The highest BCUT2D eigenvalue weighted by Crippen LogP contribution is 2.29. The molecule has 1 aromatic heterocycles. The third-order valence-corrected chi connectivity index (χ3v) is 2.84. The first kappa shape index (κ1) is 13.9. The molecule has 0 amide bonds. The third-order valence-electron chi connectivity index (χ3n) is 2.84. The number of benzene rings is 1. The number of hydrogen-bond donors (Lipinski definition) is 1. The van der Waals surface area contributed by atoms with Crippen LogP contribution in [0.1, 0.15) is 19.8 Å². The fourth-order valence-corrected chi connectivity index (χ4v) is 1.79. The van der Waals surface area contributed by atoms with Gasteiger partial charge in [0.2, 0.25) is 0 Å². The first-order valence-corrected chi connectivity index (χ1v) is 6.18. The van der Waals surface area contributed by atoms with E-state index < -0.39 is 16.2 Å². The Balaban J connectivity index is 2.47. The Morgan fingerprint density at radius 1 is 1.45 bits per heavy atom. The first-order valence-electron chi connectivity index (χ1n) is 6.18. The maximum Gasteiger partial charge on any atom is 0.417 e. The lowest BCUT2D eigenvalue weighted by molar-refractivity contribution is -0.386. The Kier molecular flexibility index (Phi) is 3.88. The van der Waals surface area contributed by atoms with E-state index in [4.69, 9.17) is 14.9 Å². The molecule has 0 spiro atoms. The van der Waals surface area contributed by atoms with Crippen molar-refractivity contribution in [2.24, 2.45) is 0 Å². The quantitative estimate of drug-likeness (QED) is 0.389. The van der Waals surface area contributed by atoms with Crippen LogP contribution in [0.2, 0.25) is 0 Å². The molecule has 106 valence electrons. The third kappa shape index (κ3) is 2.56.